The van der Waals surface area contributed by atoms with E-state index in [-0.39, 0.29) is 0 Å². The van der Waals surface area contributed by atoms with E-state index in [1.807, 2.05) is 54.7 Å². The zero-order chi connectivity index (χ0) is 20.1. The molecule has 2 heterocycles. The zero-order valence-electron chi connectivity index (χ0n) is 16.6. The SMILES string of the molecule is COc1ccc(-c2cc3cc(CNCCc4ccccn4)cc(OC)c3o2)cc1. The Kier molecular flexibility index (Phi) is 5.77. The van der Waals surface area contributed by atoms with Gasteiger partial charge in [0.1, 0.15) is 11.5 Å². The number of rotatable bonds is 8. The Balaban J connectivity index is 1.50. The van der Waals surface area contributed by atoms with E-state index in [9.17, 15) is 0 Å². The summed E-state index contributed by atoms with van der Waals surface area (Å²) in [5.41, 5.74) is 4.00. The van der Waals surface area contributed by atoms with Gasteiger partial charge < -0.3 is 19.2 Å². The predicted molar refractivity (Wildman–Crippen MR) is 114 cm³/mol. The van der Waals surface area contributed by atoms with E-state index in [1.165, 1.54) is 0 Å². The van der Waals surface area contributed by atoms with Crippen molar-refractivity contribution in [3.8, 4) is 22.8 Å². The minimum absolute atomic E-state index is 0.740. The Morgan fingerprint density at radius 3 is 2.55 bits per heavy atom. The number of benzene rings is 2. The molecule has 148 valence electrons. The fourth-order valence-electron chi connectivity index (χ4n) is 3.33. The molecule has 1 N–H and O–H groups in total. The van der Waals surface area contributed by atoms with E-state index < -0.39 is 0 Å². The van der Waals surface area contributed by atoms with Crippen LogP contribution in [-0.2, 0) is 13.0 Å². The van der Waals surface area contributed by atoms with Crippen molar-refractivity contribution in [3.63, 3.8) is 0 Å². The zero-order valence-corrected chi connectivity index (χ0v) is 16.6. The van der Waals surface area contributed by atoms with Crippen molar-refractivity contribution in [2.24, 2.45) is 0 Å². The lowest BCUT2D eigenvalue weighted by Gasteiger charge is -2.07. The second kappa shape index (κ2) is 8.80. The first kappa shape index (κ1) is 19.0. The lowest BCUT2D eigenvalue weighted by Crippen LogP contribution is -2.17. The van der Waals surface area contributed by atoms with Crippen molar-refractivity contribution in [1.82, 2.24) is 10.3 Å². The highest BCUT2D eigenvalue weighted by molar-refractivity contribution is 5.88. The molecule has 0 radical (unpaired) electrons. The van der Waals surface area contributed by atoms with Crippen LogP contribution in [0.1, 0.15) is 11.3 Å². The topological polar surface area (TPSA) is 56.5 Å². The quantitative estimate of drug-likeness (QED) is 0.438. The van der Waals surface area contributed by atoms with Gasteiger partial charge in [-0.15, -0.1) is 0 Å². The molecule has 0 aliphatic heterocycles. The van der Waals surface area contributed by atoms with Crippen LogP contribution in [-0.4, -0.2) is 25.7 Å². The molecule has 0 aliphatic rings. The molecule has 0 saturated carbocycles. The van der Waals surface area contributed by atoms with Gasteiger partial charge in [0.15, 0.2) is 11.3 Å². The van der Waals surface area contributed by atoms with Crippen LogP contribution >= 0.6 is 0 Å². The highest BCUT2D eigenvalue weighted by atomic mass is 16.5. The fourth-order valence-corrected chi connectivity index (χ4v) is 3.33. The molecular formula is C24H24N2O3. The molecule has 0 atom stereocenters. The lowest BCUT2D eigenvalue weighted by molar-refractivity contribution is 0.410. The number of nitrogens with one attached hydrogen (secondary N) is 1. The second-order valence-corrected chi connectivity index (χ2v) is 6.80. The molecule has 2 aromatic carbocycles. The van der Waals surface area contributed by atoms with Gasteiger partial charge in [0.2, 0.25) is 0 Å². The number of ether oxygens (including phenoxy) is 2. The Bertz CT molecular complexity index is 1070. The molecular weight excluding hydrogens is 364 g/mol. The molecule has 0 spiro atoms. The maximum absolute atomic E-state index is 6.09. The van der Waals surface area contributed by atoms with Crippen LogP contribution in [0, 0.1) is 0 Å². The summed E-state index contributed by atoms with van der Waals surface area (Å²) in [4.78, 5) is 4.35. The average Bonchev–Trinajstić information content (AvgIpc) is 3.21. The van der Waals surface area contributed by atoms with E-state index in [4.69, 9.17) is 13.9 Å². The van der Waals surface area contributed by atoms with Crippen molar-refractivity contribution in [3.05, 3.63) is 78.1 Å². The molecule has 0 amide bonds. The second-order valence-electron chi connectivity index (χ2n) is 6.80. The van der Waals surface area contributed by atoms with Crippen LogP contribution in [0.25, 0.3) is 22.3 Å². The highest BCUT2D eigenvalue weighted by Gasteiger charge is 2.12. The Hall–Kier alpha value is -3.31. The Labute approximate surface area is 170 Å². The minimum atomic E-state index is 0.740. The maximum atomic E-state index is 6.09. The van der Waals surface area contributed by atoms with Gasteiger partial charge in [0, 0.05) is 42.4 Å². The van der Waals surface area contributed by atoms with Gasteiger partial charge in [0.25, 0.3) is 0 Å². The van der Waals surface area contributed by atoms with E-state index >= 15 is 0 Å². The molecule has 0 bridgehead atoms. The highest BCUT2D eigenvalue weighted by Crippen LogP contribution is 2.35. The van der Waals surface area contributed by atoms with Crippen LogP contribution in [0.15, 0.2) is 71.3 Å². The molecule has 5 nitrogen and oxygen atoms in total. The van der Waals surface area contributed by atoms with Gasteiger partial charge in [-0.25, -0.2) is 0 Å². The summed E-state index contributed by atoms with van der Waals surface area (Å²) >= 11 is 0. The number of aromatic nitrogens is 1. The van der Waals surface area contributed by atoms with E-state index in [1.54, 1.807) is 14.2 Å². The molecule has 2 aromatic heterocycles. The fraction of sp³-hybridized carbons (Fsp3) is 0.208. The van der Waals surface area contributed by atoms with E-state index in [2.05, 4.69) is 22.4 Å². The number of nitrogens with zero attached hydrogens (tertiary/aromatic N) is 1. The lowest BCUT2D eigenvalue weighted by atomic mass is 10.1. The summed E-state index contributed by atoms with van der Waals surface area (Å²) in [6, 6.07) is 20.0. The first-order chi connectivity index (χ1) is 14.3. The number of fused-ring (bicyclic) bond motifs is 1. The minimum Gasteiger partial charge on any atom is -0.497 e. The summed E-state index contributed by atoms with van der Waals surface area (Å²) in [7, 11) is 3.33. The van der Waals surface area contributed by atoms with Gasteiger partial charge in [0.05, 0.1) is 14.2 Å². The summed E-state index contributed by atoms with van der Waals surface area (Å²) in [5.74, 6) is 2.37. The number of methoxy groups -OCH3 is 2. The van der Waals surface area contributed by atoms with Crippen molar-refractivity contribution in [2.75, 3.05) is 20.8 Å². The van der Waals surface area contributed by atoms with Crippen molar-refractivity contribution >= 4 is 11.0 Å². The Morgan fingerprint density at radius 1 is 0.966 bits per heavy atom. The number of furan rings is 1. The summed E-state index contributed by atoms with van der Waals surface area (Å²) in [6.45, 7) is 1.61. The summed E-state index contributed by atoms with van der Waals surface area (Å²) < 4.78 is 16.9. The smallest absolute Gasteiger partial charge is 0.176 e. The maximum Gasteiger partial charge on any atom is 0.176 e. The third kappa shape index (κ3) is 4.41. The normalized spacial score (nSPS) is 11.0. The van der Waals surface area contributed by atoms with Gasteiger partial charge in [-0.1, -0.05) is 6.07 Å². The number of hydrogen-bond donors (Lipinski definition) is 1. The summed E-state index contributed by atoms with van der Waals surface area (Å²) in [6.07, 6.45) is 2.72. The molecule has 5 heteroatoms. The monoisotopic (exact) mass is 388 g/mol. The Morgan fingerprint density at radius 2 is 1.83 bits per heavy atom. The van der Waals surface area contributed by atoms with Crippen LogP contribution in [0.3, 0.4) is 0 Å². The third-order valence-electron chi connectivity index (χ3n) is 4.85. The van der Waals surface area contributed by atoms with Gasteiger partial charge in [-0.2, -0.15) is 0 Å². The van der Waals surface area contributed by atoms with E-state index in [0.717, 1.165) is 64.6 Å². The van der Waals surface area contributed by atoms with E-state index in [0.29, 0.717) is 0 Å². The largest absolute Gasteiger partial charge is 0.497 e. The number of pyridine rings is 1. The number of hydrogen-bond acceptors (Lipinski definition) is 5. The van der Waals surface area contributed by atoms with Crippen molar-refractivity contribution in [2.45, 2.75) is 13.0 Å². The van der Waals surface area contributed by atoms with Gasteiger partial charge in [-0.3, -0.25) is 4.98 Å². The summed E-state index contributed by atoms with van der Waals surface area (Å²) in [5, 5.41) is 4.50. The van der Waals surface area contributed by atoms with Crippen LogP contribution < -0.4 is 14.8 Å². The molecule has 0 fully saturated rings. The third-order valence-corrected chi connectivity index (χ3v) is 4.85. The van der Waals surface area contributed by atoms with Crippen molar-refractivity contribution in [1.29, 1.82) is 0 Å². The molecule has 0 aliphatic carbocycles. The standard InChI is InChI=1S/C24H24N2O3/c1-27-21-8-6-18(7-9-21)22-15-19-13-17(14-23(28-2)24(19)29-22)16-25-12-10-20-5-3-4-11-26-20/h3-9,11,13-15,25H,10,12,16H2,1-2H3. The molecule has 4 aromatic rings. The first-order valence-corrected chi connectivity index (χ1v) is 9.62. The molecule has 4 rings (SSSR count). The van der Waals surface area contributed by atoms with Crippen LogP contribution in [0.5, 0.6) is 11.5 Å². The van der Waals surface area contributed by atoms with Crippen molar-refractivity contribution < 1.29 is 13.9 Å². The molecule has 0 unspecified atom stereocenters. The van der Waals surface area contributed by atoms with Gasteiger partial charge in [-0.05, 0) is 60.2 Å². The molecule has 0 saturated heterocycles. The van der Waals surface area contributed by atoms with Gasteiger partial charge >= 0.3 is 0 Å². The average molecular weight is 388 g/mol. The van der Waals surface area contributed by atoms with Crippen LogP contribution in [0.2, 0.25) is 0 Å². The molecule has 29 heavy (non-hydrogen) atoms. The van der Waals surface area contributed by atoms with Crippen LogP contribution in [0.4, 0.5) is 0 Å². The predicted octanol–water partition coefficient (Wildman–Crippen LogP) is 4.84. The first-order valence-electron chi connectivity index (χ1n) is 9.62.